The Balaban J connectivity index is 2.12. The van der Waals surface area contributed by atoms with Crippen molar-refractivity contribution >= 4 is 5.97 Å². The normalized spacial score (nSPS) is 20.5. The number of nitrogens with zero attached hydrogens (tertiary/aromatic N) is 1. The Morgan fingerprint density at radius 1 is 1.35 bits per heavy atom. The Morgan fingerprint density at radius 2 is 1.95 bits per heavy atom. The van der Waals surface area contributed by atoms with Crippen LogP contribution in [-0.4, -0.2) is 34.2 Å². The highest BCUT2D eigenvalue weighted by Crippen LogP contribution is 2.37. The van der Waals surface area contributed by atoms with E-state index in [1.807, 2.05) is 25.1 Å². The van der Waals surface area contributed by atoms with E-state index in [4.69, 9.17) is 0 Å². The van der Waals surface area contributed by atoms with Crippen molar-refractivity contribution in [3.63, 3.8) is 0 Å². The lowest BCUT2D eigenvalue weighted by molar-refractivity contribution is -0.151. The molecule has 4 heteroatoms. The molecule has 0 aromatic heterocycles. The average Bonchev–Trinajstić information content (AvgIpc) is 2.43. The zero-order valence-corrected chi connectivity index (χ0v) is 12.2. The molecular formula is C16H23NO3. The largest absolute Gasteiger partial charge is 0.508 e. The molecular weight excluding hydrogens is 254 g/mol. The number of para-hydroxylation sites is 1. The standard InChI is InChI=1S/C16H23NO3/c1-3-13(12-6-4-5-7-14(12)18)17-10-8-16(2,9-11-17)15(19)20/h4-7,13,18H,3,8-11H2,1-2H3,(H,19,20). The first-order chi connectivity index (χ1) is 9.48. The summed E-state index contributed by atoms with van der Waals surface area (Å²) < 4.78 is 0. The Bertz CT molecular complexity index is 478. The van der Waals surface area contributed by atoms with E-state index in [1.165, 1.54) is 0 Å². The van der Waals surface area contributed by atoms with E-state index >= 15 is 0 Å². The summed E-state index contributed by atoms with van der Waals surface area (Å²) in [5.41, 5.74) is 0.335. The minimum atomic E-state index is -0.701. The second-order valence-corrected chi connectivity index (χ2v) is 5.88. The van der Waals surface area contributed by atoms with Crippen molar-refractivity contribution in [2.45, 2.75) is 39.2 Å². The number of phenols is 1. The van der Waals surface area contributed by atoms with Crippen LogP contribution in [0.15, 0.2) is 24.3 Å². The molecule has 1 unspecified atom stereocenters. The summed E-state index contributed by atoms with van der Waals surface area (Å²) in [5, 5.41) is 19.3. The van der Waals surface area contributed by atoms with Gasteiger partial charge in [-0.2, -0.15) is 0 Å². The molecule has 0 radical (unpaired) electrons. The van der Waals surface area contributed by atoms with Crippen LogP contribution in [0.4, 0.5) is 0 Å². The molecule has 1 fully saturated rings. The first kappa shape index (κ1) is 14.9. The van der Waals surface area contributed by atoms with Gasteiger partial charge in [-0.1, -0.05) is 25.1 Å². The molecule has 1 aromatic carbocycles. The number of hydrogen-bond donors (Lipinski definition) is 2. The highest BCUT2D eigenvalue weighted by molar-refractivity contribution is 5.74. The van der Waals surface area contributed by atoms with Gasteiger partial charge in [0, 0.05) is 11.6 Å². The first-order valence-electron chi connectivity index (χ1n) is 7.23. The Hall–Kier alpha value is -1.55. The fourth-order valence-electron chi connectivity index (χ4n) is 2.99. The number of carboxylic acids is 1. The first-order valence-corrected chi connectivity index (χ1v) is 7.23. The predicted octanol–water partition coefficient (Wildman–Crippen LogP) is 3.03. The van der Waals surface area contributed by atoms with Crippen LogP contribution in [0.5, 0.6) is 5.75 Å². The van der Waals surface area contributed by atoms with E-state index < -0.39 is 11.4 Å². The third kappa shape index (κ3) is 2.80. The summed E-state index contributed by atoms with van der Waals surface area (Å²) in [4.78, 5) is 13.6. The summed E-state index contributed by atoms with van der Waals surface area (Å²) in [6.07, 6.45) is 2.22. The molecule has 110 valence electrons. The van der Waals surface area contributed by atoms with E-state index in [2.05, 4.69) is 11.8 Å². The van der Waals surface area contributed by atoms with Gasteiger partial charge in [0.05, 0.1) is 5.41 Å². The van der Waals surface area contributed by atoms with Gasteiger partial charge < -0.3 is 10.2 Å². The molecule has 4 nitrogen and oxygen atoms in total. The zero-order valence-electron chi connectivity index (χ0n) is 12.2. The number of rotatable bonds is 4. The van der Waals surface area contributed by atoms with Gasteiger partial charge in [0.2, 0.25) is 0 Å². The molecule has 0 spiro atoms. The second-order valence-electron chi connectivity index (χ2n) is 5.88. The van der Waals surface area contributed by atoms with E-state index in [0.717, 1.165) is 25.1 Å². The SMILES string of the molecule is CCC(c1ccccc1O)N1CCC(C)(C(=O)O)CC1. The maximum Gasteiger partial charge on any atom is 0.309 e. The van der Waals surface area contributed by atoms with Crippen molar-refractivity contribution in [2.75, 3.05) is 13.1 Å². The molecule has 0 aliphatic carbocycles. The lowest BCUT2D eigenvalue weighted by Crippen LogP contribution is -2.44. The number of hydrogen-bond acceptors (Lipinski definition) is 3. The molecule has 1 atom stereocenters. The maximum atomic E-state index is 11.3. The van der Waals surface area contributed by atoms with Crippen molar-refractivity contribution in [1.82, 2.24) is 4.90 Å². The summed E-state index contributed by atoms with van der Waals surface area (Å²) in [7, 11) is 0. The molecule has 0 bridgehead atoms. The average molecular weight is 277 g/mol. The molecule has 1 aliphatic rings. The predicted molar refractivity (Wildman–Crippen MR) is 77.7 cm³/mol. The molecule has 0 amide bonds. The van der Waals surface area contributed by atoms with Crippen LogP contribution in [0.1, 0.15) is 44.7 Å². The van der Waals surface area contributed by atoms with Gasteiger partial charge >= 0.3 is 5.97 Å². The highest BCUT2D eigenvalue weighted by atomic mass is 16.4. The summed E-state index contributed by atoms with van der Waals surface area (Å²) >= 11 is 0. The van der Waals surface area contributed by atoms with Crippen molar-refractivity contribution in [3.8, 4) is 5.75 Å². The van der Waals surface area contributed by atoms with Crippen LogP contribution in [0.25, 0.3) is 0 Å². The van der Waals surface area contributed by atoms with Gasteiger partial charge in [-0.05, 0) is 45.3 Å². The maximum absolute atomic E-state index is 11.3. The van der Waals surface area contributed by atoms with Crippen LogP contribution in [-0.2, 0) is 4.79 Å². The lowest BCUT2D eigenvalue weighted by atomic mass is 9.79. The smallest absolute Gasteiger partial charge is 0.309 e. The van der Waals surface area contributed by atoms with Gasteiger partial charge in [-0.15, -0.1) is 0 Å². The molecule has 2 N–H and O–H groups in total. The van der Waals surface area contributed by atoms with Crippen molar-refractivity contribution in [2.24, 2.45) is 5.41 Å². The van der Waals surface area contributed by atoms with Crippen molar-refractivity contribution in [3.05, 3.63) is 29.8 Å². The fourth-order valence-corrected chi connectivity index (χ4v) is 2.99. The van der Waals surface area contributed by atoms with Crippen LogP contribution in [0, 0.1) is 5.41 Å². The van der Waals surface area contributed by atoms with E-state index in [9.17, 15) is 15.0 Å². The number of carbonyl (C=O) groups is 1. The lowest BCUT2D eigenvalue weighted by Gasteiger charge is -2.40. The number of piperidine rings is 1. The number of likely N-dealkylation sites (tertiary alicyclic amines) is 1. The monoisotopic (exact) mass is 277 g/mol. The summed E-state index contributed by atoms with van der Waals surface area (Å²) in [6.45, 7) is 5.45. The highest BCUT2D eigenvalue weighted by Gasteiger charge is 2.38. The Kier molecular flexibility index (Phi) is 4.33. The van der Waals surface area contributed by atoms with E-state index in [0.29, 0.717) is 18.6 Å². The van der Waals surface area contributed by atoms with Crippen LogP contribution in [0.3, 0.4) is 0 Å². The number of carboxylic acid groups (broad SMARTS) is 1. The van der Waals surface area contributed by atoms with E-state index in [-0.39, 0.29) is 6.04 Å². The summed E-state index contributed by atoms with van der Waals surface area (Å²) in [5.74, 6) is -0.376. The van der Waals surface area contributed by atoms with Gasteiger partial charge in [-0.3, -0.25) is 9.69 Å². The third-order valence-electron chi connectivity index (χ3n) is 4.54. The zero-order chi connectivity index (χ0) is 14.8. The Morgan fingerprint density at radius 3 is 2.45 bits per heavy atom. The quantitative estimate of drug-likeness (QED) is 0.888. The Labute approximate surface area is 120 Å². The van der Waals surface area contributed by atoms with E-state index in [1.54, 1.807) is 6.07 Å². The molecule has 20 heavy (non-hydrogen) atoms. The molecule has 2 rings (SSSR count). The fraction of sp³-hybridized carbons (Fsp3) is 0.562. The number of aromatic hydroxyl groups is 1. The van der Waals surface area contributed by atoms with Crippen LogP contribution >= 0.6 is 0 Å². The number of aliphatic carboxylic acids is 1. The summed E-state index contributed by atoms with van der Waals surface area (Å²) in [6, 6.07) is 7.58. The molecule has 1 aliphatic heterocycles. The van der Waals surface area contributed by atoms with Gasteiger partial charge in [0.15, 0.2) is 0 Å². The minimum Gasteiger partial charge on any atom is -0.508 e. The third-order valence-corrected chi connectivity index (χ3v) is 4.54. The minimum absolute atomic E-state index is 0.162. The molecule has 1 saturated heterocycles. The van der Waals surface area contributed by atoms with Crippen LogP contribution < -0.4 is 0 Å². The second kappa shape index (κ2) is 5.83. The number of benzene rings is 1. The van der Waals surface area contributed by atoms with Crippen molar-refractivity contribution in [1.29, 1.82) is 0 Å². The molecule has 1 aromatic rings. The molecule has 0 saturated carbocycles. The van der Waals surface area contributed by atoms with Crippen molar-refractivity contribution < 1.29 is 15.0 Å². The van der Waals surface area contributed by atoms with Gasteiger partial charge in [-0.25, -0.2) is 0 Å². The molecule has 1 heterocycles. The van der Waals surface area contributed by atoms with Gasteiger partial charge in [0.1, 0.15) is 5.75 Å². The van der Waals surface area contributed by atoms with Gasteiger partial charge in [0.25, 0.3) is 0 Å². The topological polar surface area (TPSA) is 60.8 Å². The number of phenolic OH excluding ortho intramolecular Hbond substituents is 1. The van der Waals surface area contributed by atoms with Crippen LogP contribution in [0.2, 0.25) is 0 Å².